The van der Waals surface area contributed by atoms with Gasteiger partial charge in [-0.05, 0) is 25.3 Å². The van der Waals surface area contributed by atoms with Crippen molar-refractivity contribution >= 4 is 21.8 Å². The van der Waals surface area contributed by atoms with Crippen LogP contribution in [-0.4, -0.2) is 28.7 Å². The number of carbonyl (C=O) groups is 1. The van der Waals surface area contributed by atoms with E-state index >= 15 is 0 Å². The van der Waals surface area contributed by atoms with Gasteiger partial charge in [-0.15, -0.1) is 0 Å². The molecule has 2 atom stereocenters. The molecule has 1 fully saturated rings. The van der Waals surface area contributed by atoms with Gasteiger partial charge in [0.2, 0.25) is 5.91 Å². The van der Waals surface area contributed by atoms with Gasteiger partial charge in [0.15, 0.2) is 0 Å². The van der Waals surface area contributed by atoms with E-state index in [1.54, 1.807) is 0 Å². The predicted octanol–water partition coefficient (Wildman–Crippen LogP) is 3.18. The molecule has 0 N–H and O–H groups in total. The van der Waals surface area contributed by atoms with Crippen molar-refractivity contribution < 1.29 is 4.79 Å². The number of nitrogens with zero attached hydrogens (tertiary/aromatic N) is 1. The lowest BCUT2D eigenvalue weighted by atomic mass is 9.98. The summed E-state index contributed by atoms with van der Waals surface area (Å²) in [6.45, 7) is 3.74. The van der Waals surface area contributed by atoms with Crippen molar-refractivity contribution in [1.82, 2.24) is 4.90 Å². The fourth-order valence-electron chi connectivity index (χ4n) is 2.28. The van der Waals surface area contributed by atoms with Gasteiger partial charge in [-0.1, -0.05) is 46.3 Å². The van der Waals surface area contributed by atoms with Gasteiger partial charge in [0.1, 0.15) is 0 Å². The van der Waals surface area contributed by atoms with Gasteiger partial charge in [-0.2, -0.15) is 0 Å². The van der Waals surface area contributed by atoms with Crippen LogP contribution in [0.25, 0.3) is 0 Å². The Bertz CT molecular complexity index is 379. The molecule has 0 bridgehead atoms. The Morgan fingerprint density at radius 1 is 1.41 bits per heavy atom. The van der Waals surface area contributed by atoms with Crippen molar-refractivity contribution in [3.8, 4) is 0 Å². The zero-order valence-corrected chi connectivity index (χ0v) is 11.7. The molecule has 3 heteroatoms. The number of likely N-dealkylation sites (tertiary alicyclic amines) is 1. The van der Waals surface area contributed by atoms with Crippen LogP contribution in [0.5, 0.6) is 0 Å². The first-order valence-corrected chi connectivity index (χ1v) is 7.08. The van der Waals surface area contributed by atoms with Crippen LogP contribution in [0.4, 0.5) is 0 Å². The van der Waals surface area contributed by atoms with E-state index in [4.69, 9.17) is 0 Å². The molecule has 0 aliphatic carbocycles. The molecular formula is C14H18BrNO. The third kappa shape index (κ3) is 3.09. The summed E-state index contributed by atoms with van der Waals surface area (Å²) in [5.41, 5.74) is 1.11. The summed E-state index contributed by atoms with van der Waals surface area (Å²) >= 11 is 3.61. The molecule has 17 heavy (non-hydrogen) atoms. The lowest BCUT2D eigenvalue weighted by molar-refractivity contribution is -0.133. The maximum Gasteiger partial charge on any atom is 0.229 e. The Hall–Kier alpha value is -0.830. The summed E-state index contributed by atoms with van der Waals surface area (Å²) in [7, 11) is 0. The Morgan fingerprint density at radius 3 is 2.76 bits per heavy atom. The van der Waals surface area contributed by atoms with Gasteiger partial charge in [0.25, 0.3) is 0 Å². The van der Waals surface area contributed by atoms with E-state index in [1.165, 1.54) is 6.42 Å². The Balaban J connectivity index is 2.04. The molecule has 92 valence electrons. The van der Waals surface area contributed by atoms with Crippen molar-refractivity contribution in [1.29, 1.82) is 0 Å². The lowest BCUT2D eigenvalue weighted by Gasteiger charge is -2.32. The van der Waals surface area contributed by atoms with Crippen LogP contribution in [0.2, 0.25) is 0 Å². The van der Waals surface area contributed by atoms with Crippen molar-refractivity contribution in [2.75, 3.05) is 13.1 Å². The van der Waals surface area contributed by atoms with Gasteiger partial charge < -0.3 is 4.90 Å². The molecule has 0 saturated carbocycles. The molecule has 0 aromatic heterocycles. The zero-order valence-electron chi connectivity index (χ0n) is 10.1. The number of carbonyl (C=O) groups excluding carboxylic acids is 1. The molecule has 1 aromatic carbocycles. The highest BCUT2D eigenvalue weighted by atomic mass is 79.9. The van der Waals surface area contributed by atoms with Crippen molar-refractivity contribution in [3.05, 3.63) is 35.9 Å². The van der Waals surface area contributed by atoms with E-state index in [2.05, 4.69) is 15.9 Å². The van der Waals surface area contributed by atoms with Crippen LogP contribution in [0, 0.1) is 0 Å². The third-order valence-corrected chi connectivity index (χ3v) is 4.09. The summed E-state index contributed by atoms with van der Waals surface area (Å²) in [5, 5.41) is 0. The SMILES string of the molecule is CC(C(=O)N1CCCC(Br)C1)c1ccccc1. The summed E-state index contributed by atoms with van der Waals surface area (Å²) in [5.74, 6) is 0.217. The van der Waals surface area contributed by atoms with Crippen LogP contribution in [0.1, 0.15) is 31.2 Å². The first-order chi connectivity index (χ1) is 8.18. The van der Waals surface area contributed by atoms with E-state index in [1.807, 2.05) is 42.2 Å². The minimum Gasteiger partial charge on any atom is -0.341 e. The molecule has 1 saturated heterocycles. The fourth-order valence-corrected chi connectivity index (χ4v) is 2.96. The smallest absolute Gasteiger partial charge is 0.229 e. The highest BCUT2D eigenvalue weighted by Gasteiger charge is 2.26. The molecular weight excluding hydrogens is 278 g/mol. The van der Waals surface area contributed by atoms with E-state index < -0.39 is 0 Å². The van der Waals surface area contributed by atoms with E-state index in [-0.39, 0.29) is 11.8 Å². The third-order valence-electron chi connectivity index (χ3n) is 3.35. The van der Waals surface area contributed by atoms with Gasteiger partial charge in [-0.25, -0.2) is 0 Å². The zero-order chi connectivity index (χ0) is 12.3. The monoisotopic (exact) mass is 295 g/mol. The van der Waals surface area contributed by atoms with Crippen molar-refractivity contribution in [2.45, 2.75) is 30.5 Å². The van der Waals surface area contributed by atoms with Crippen LogP contribution in [-0.2, 0) is 4.79 Å². The molecule has 1 aromatic rings. The van der Waals surface area contributed by atoms with Crippen LogP contribution >= 0.6 is 15.9 Å². The normalized spacial score (nSPS) is 22.2. The minimum atomic E-state index is -0.0333. The first kappa shape index (κ1) is 12.6. The second kappa shape index (κ2) is 5.67. The quantitative estimate of drug-likeness (QED) is 0.768. The number of amides is 1. The Labute approximate surface area is 111 Å². The molecule has 1 heterocycles. The van der Waals surface area contributed by atoms with Crippen molar-refractivity contribution in [2.24, 2.45) is 0 Å². The lowest BCUT2D eigenvalue weighted by Crippen LogP contribution is -2.42. The molecule has 1 aliphatic heterocycles. The number of rotatable bonds is 2. The number of alkyl halides is 1. The largest absolute Gasteiger partial charge is 0.341 e. The summed E-state index contributed by atoms with van der Waals surface area (Å²) < 4.78 is 0. The molecule has 0 radical (unpaired) electrons. The van der Waals surface area contributed by atoms with Crippen molar-refractivity contribution in [3.63, 3.8) is 0 Å². The fraction of sp³-hybridized carbons (Fsp3) is 0.500. The molecule has 2 unspecified atom stereocenters. The molecule has 0 spiro atoms. The Kier molecular flexibility index (Phi) is 4.21. The van der Waals surface area contributed by atoms with Crippen LogP contribution in [0.3, 0.4) is 0 Å². The average Bonchev–Trinajstić information content (AvgIpc) is 2.38. The summed E-state index contributed by atoms with van der Waals surface area (Å²) in [6, 6.07) is 10.0. The molecule has 2 rings (SSSR count). The van der Waals surface area contributed by atoms with Gasteiger partial charge in [0.05, 0.1) is 5.92 Å². The number of benzene rings is 1. The van der Waals surface area contributed by atoms with E-state index in [0.717, 1.165) is 25.1 Å². The van der Waals surface area contributed by atoms with E-state index in [0.29, 0.717) is 4.83 Å². The number of hydrogen-bond donors (Lipinski definition) is 0. The van der Waals surface area contributed by atoms with E-state index in [9.17, 15) is 4.79 Å². The Morgan fingerprint density at radius 2 is 2.12 bits per heavy atom. The summed E-state index contributed by atoms with van der Waals surface area (Å²) in [6.07, 6.45) is 2.27. The number of halogens is 1. The van der Waals surface area contributed by atoms with Crippen LogP contribution in [0.15, 0.2) is 30.3 Å². The van der Waals surface area contributed by atoms with Gasteiger partial charge in [0, 0.05) is 17.9 Å². The van der Waals surface area contributed by atoms with Gasteiger partial charge in [-0.3, -0.25) is 4.79 Å². The van der Waals surface area contributed by atoms with Gasteiger partial charge >= 0.3 is 0 Å². The molecule has 2 nitrogen and oxygen atoms in total. The first-order valence-electron chi connectivity index (χ1n) is 6.16. The second-order valence-corrected chi connectivity index (χ2v) is 5.95. The summed E-state index contributed by atoms with van der Waals surface area (Å²) in [4.78, 5) is 14.8. The predicted molar refractivity (Wildman–Crippen MR) is 73.4 cm³/mol. The molecule has 1 amide bonds. The number of piperidine rings is 1. The highest BCUT2D eigenvalue weighted by molar-refractivity contribution is 9.09. The topological polar surface area (TPSA) is 20.3 Å². The average molecular weight is 296 g/mol. The second-order valence-electron chi connectivity index (χ2n) is 4.66. The maximum atomic E-state index is 12.3. The minimum absolute atomic E-state index is 0.0333. The van der Waals surface area contributed by atoms with Crippen LogP contribution < -0.4 is 0 Å². The standard InChI is InChI=1S/C14H18BrNO/c1-11(12-6-3-2-4-7-12)14(17)16-9-5-8-13(15)10-16/h2-4,6-7,11,13H,5,8-10H2,1H3. The number of hydrogen-bond acceptors (Lipinski definition) is 1. The molecule has 1 aliphatic rings. The maximum absolute atomic E-state index is 12.3. The highest BCUT2D eigenvalue weighted by Crippen LogP contribution is 2.22.